The summed E-state index contributed by atoms with van der Waals surface area (Å²) in [5, 5.41) is 0. The van der Waals surface area contributed by atoms with Crippen molar-refractivity contribution in [2.45, 2.75) is 33.3 Å². The van der Waals surface area contributed by atoms with Crippen LogP contribution < -0.4 is 0 Å². The maximum atomic E-state index is 12.3. The Kier molecular flexibility index (Phi) is 3.93. The van der Waals surface area contributed by atoms with E-state index in [9.17, 15) is 4.79 Å². The summed E-state index contributed by atoms with van der Waals surface area (Å²) >= 11 is 0. The molecule has 20 heavy (non-hydrogen) atoms. The molecule has 0 aromatic heterocycles. The highest BCUT2D eigenvalue weighted by Crippen LogP contribution is 2.25. The summed E-state index contributed by atoms with van der Waals surface area (Å²) in [6.07, 6.45) is 0. The lowest BCUT2D eigenvalue weighted by molar-refractivity contribution is 0.00705. The number of aryl methyl sites for hydroxylation is 1. The van der Waals surface area contributed by atoms with E-state index in [1.807, 2.05) is 76.2 Å². The summed E-state index contributed by atoms with van der Waals surface area (Å²) in [6, 6.07) is 15.7. The summed E-state index contributed by atoms with van der Waals surface area (Å²) in [5.41, 5.74) is 3.24. The molecule has 2 aromatic rings. The minimum Gasteiger partial charge on any atom is -0.456 e. The van der Waals surface area contributed by atoms with Gasteiger partial charge in [0.2, 0.25) is 0 Å². The van der Waals surface area contributed by atoms with Crippen molar-refractivity contribution < 1.29 is 9.53 Å². The molecule has 104 valence electrons. The fourth-order valence-corrected chi connectivity index (χ4v) is 1.98. The SMILES string of the molecule is Cc1ccc(-c2ccccc2C(=O)OC(C)(C)C)cc1. The normalized spacial score (nSPS) is 11.2. The molecule has 0 unspecified atom stereocenters. The number of hydrogen-bond donors (Lipinski definition) is 0. The van der Waals surface area contributed by atoms with Gasteiger partial charge in [-0.3, -0.25) is 0 Å². The zero-order chi connectivity index (χ0) is 14.8. The van der Waals surface area contributed by atoms with Crippen LogP contribution in [-0.2, 0) is 4.74 Å². The molecule has 0 fully saturated rings. The number of esters is 1. The maximum Gasteiger partial charge on any atom is 0.339 e. The minimum atomic E-state index is -0.489. The lowest BCUT2D eigenvalue weighted by atomic mass is 9.99. The van der Waals surface area contributed by atoms with E-state index in [1.165, 1.54) is 5.56 Å². The lowest BCUT2D eigenvalue weighted by Gasteiger charge is -2.20. The topological polar surface area (TPSA) is 26.3 Å². The van der Waals surface area contributed by atoms with Crippen molar-refractivity contribution in [1.82, 2.24) is 0 Å². The molecule has 0 bridgehead atoms. The Hall–Kier alpha value is -2.09. The Morgan fingerprint density at radius 2 is 1.55 bits per heavy atom. The van der Waals surface area contributed by atoms with Crippen molar-refractivity contribution in [2.24, 2.45) is 0 Å². The van der Waals surface area contributed by atoms with Crippen molar-refractivity contribution in [3.63, 3.8) is 0 Å². The zero-order valence-corrected chi connectivity index (χ0v) is 12.4. The molecule has 0 aliphatic rings. The number of hydrogen-bond acceptors (Lipinski definition) is 2. The molecule has 0 saturated carbocycles. The van der Waals surface area contributed by atoms with Crippen molar-refractivity contribution in [3.05, 3.63) is 59.7 Å². The predicted molar refractivity (Wildman–Crippen MR) is 81.8 cm³/mol. The van der Waals surface area contributed by atoms with Crippen LogP contribution in [0.3, 0.4) is 0 Å². The van der Waals surface area contributed by atoms with E-state index < -0.39 is 5.60 Å². The second kappa shape index (κ2) is 5.49. The van der Waals surface area contributed by atoms with E-state index in [0.29, 0.717) is 5.56 Å². The van der Waals surface area contributed by atoms with Gasteiger partial charge in [0.15, 0.2) is 0 Å². The third-order valence-corrected chi connectivity index (χ3v) is 2.91. The molecule has 0 saturated heterocycles. The monoisotopic (exact) mass is 268 g/mol. The summed E-state index contributed by atoms with van der Waals surface area (Å²) in [7, 11) is 0. The van der Waals surface area contributed by atoms with Crippen LogP contribution in [0.4, 0.5) is 0 Å². The van der Waals surface area contributed by atoms with Crippen LogP contribution in [0.2, 0.25) is 0 Å². The highest BCUT2D eigenvalue weighted by molar-refractivity contribution is 5.97. The van der Waals surface area contributed by atoms with Crippen LogP contribution in [-0.4, -0.2) is 11.6 Å². The van der Waals surface area contributed by atoms with Crippen molar-refractivity contribution in [3.8, 4) is 11.1 Å². The Balaban J connectivity index is 2.40. The van der Waals surface area contributed by atoms with Gasteiger partial charge in [0.25, 0.3) is 0 Å². The van der Waals surface area contributed by atoms with E-state index in [4.69, 9.17) is 4.74 Å². The summed E-state index contributed by atoms with van der Waals surface area (Å²) in [5.74, 6) is -0.284. The molecule has 0 aliphatic heterocycles. The highest BCUT2D eigenvalue weighted by atomic mass is 16.6. The van der Waals surface area contributed by atoms with Crippen molar-refractivity contribution in [1.29, 1.82) is 0 Å². The fourth-order valence-electron chi connectivity index (χ4n) is 1.98. The van der Waals surface area contributed by atoms with E-state index in [2.05, 4.69) is 0 Å². The van der Waals surface area contributed by atoms with Crippen molar-refractivity contribution in [2.75, 3.05) is 0 Å². The highest BCUT2D eigenvalue weighted by Gasteiger charge is 2.20. The van der Waals surface area contributed by atoms with Gasteiger partial charge in [-0.25, -0.2) is 4.79 Å². The number of carbonyl (C=O) groups excluding carboxylic acids is 1. The van der Waals surface area contributed by atoms with Crippen LogP contribution in [0, 0.1) is 6.92 Å². The first kappa shape index (κ1) is 14.3. The molecule has 0 amide bonds. The van der Waals surface area contributed by atoms with Gasteiger partial charge < -0.3 is 4.74 Å². The molecule has 0 heterocycles. The average Bonchev–Trinajstić information content (AvgIpc) is 2.38. The van der Waals surface area contributed by atoms with Gasteiger partial charge in [-0.15, -0.1) is 0 Å². The minimum absolute atomic E-state index is 0.284. The van der Waals surface area contributed by atoms with E-state index in [-0.39, 0.29) is 5.97 Å². The molecular formula is C18H20O2. The zero-order valence-electron chi connectivity index (χ0n) is 12.4. The van der Waals surface area contributed by atoms with Gasteiger partial charge >= 0.3 is 5.97 Å². The third-order valence-electron chi connectivity index (χ3n) is 2.91. The van der Waals surface area contributed by atoms with E-state index in [1.54, 1.807) is 0 Å². The molecule has 0 atom stereocenters. The second-order valence-corrected chi connectivity index (χ2v) is 5.91. The first-order chi connectivity index (χ1) is 9.37. The molecule has 0 aliphatic carbocycles. The first-order valence-corrected chi connectivity index (χ1v) is 6.76. The quantitative estimate of drug-likeness (QED) is 0.743. The standard InChI is InChI=1S/C18H20O2/c1-13-9-11-14(12-10-13)15-7-5-6-8-16(15)17(19)20-18(2,3)4/h5-12H,1-4H3. The van der Waals surface area contributed by atoms with Crippen molar-refractivity contribution >= 4 is 5.97 Å². The molecule has 0 N–H and O–H groups in total. The van der Waals surface area contributed by atoms with E-state index >= 15 is 0 Å². The summed E-state index contributed by atoms with van der Waals surface area (Å²) in [4.78, 5) is 12.3. The predicted octanol–water partition coefficient (Wildman–Crippen LogP) is 4.62. The second-order valence-electron chi connectivity index (χ2n) is 5.91. The molecule has 2 nitrogen and oxygen atoms in total. The van der Waals surface area contributed by atoms with Gasteiger partial charge in [0.1, 0.15) is 5.60 Å². The molecule has 2 heteroatoms. The van der Waals surface area contributed by atoms with Gasteiger partial charge in [-0.2, -0.15) is 0 Å². The molecule has 0 radical (unpaired) electrons. The average molecular weight is 268 g/mol. The van der Waals surface area contributed by atoms with Gasteiger partial charge in [-0.05, 0) is 44.9 Å². The Labute approximate surface area is 120 Å². The van der Waals surface area contributed by atoms with Crippen LogP contribution in [0.25, 0.3) is 11.1 Å². The summed E-state index contributed by atoms with van der Waals surface area (Å²) in [6.45, 7) is 7.67. The van der Waals surface area contributed by atoms with Crippen LogP contribution in [0.5, 0.6) is 0 Å². The third kappa shape index (κ3) is 3.47. The van der Waals surface area contributed by atoms with E-state index in [0.717, 1.165) is 11.1 Å². The number of ether oxygens (including phenoxy) is 1. The van der Waals surface area contributed by atoms with Crippen LogP contribution in [0.15, 0.2) is 48.5 Å². The van der Waals surface area contributed by atoms with Gasteiger partial charge in [0.05, 0.1) is 5.56 Å². The molecule has 2 rings (SSSR count). The molecule has 2 aromatic carbocycles. The smallest absolute Gasteiger partial charge is 0.339 e. The molecular weight excluding hydrogens is 248 g/mol. The Morgan fingerprint density at radius 1 is 0.950 bits per heavy atom. The number of carbonyl (C=O) groups is 1. The fraction of sp³-hybridized carbons (Fsp3) is 0.278. The number of rotatable bonds is 2. The molecule has 0 spiro atoms. The van der Waals surface area contributed by atoms with Crippen LogP contribution >= 0.6 is 0 Å². The summed E-state index contributed by atoms with van der Waals surface area (Å²) < 4.78 is 5.47. The van der Waals surface area contributed by atoms with Crippen LogP contribution in [0.1, 0.15) is 36.7 Å². The maximum absolute atomic E-state index is 12.3. The lowest BCUT2D eigenvalue weighted by Crippen LogP contribution is -2.24. The Bertz CT molecular complexity index is 604. The van der Waals surface area contributed by atoms with Gasteiger partial charge in [0, 0.05) is 0 Å². The number of benzene rings is 2. The largest absolute Gasteiger partial charge is 0.456 e. The Morgan fingerprint density at radius 3 is 2.15 bits per heavy atom. The van der Waals surface area contributed by atoms with Gasteiger partial charge in [-0.1, -0.05) is 48.0 Å². The first-order valence-electron chi connectivity index (χ1n) is 6.76.